The Morgan fingerprint density at radius 3 is 1.48 bits per heavy atom. The third kappa shape index (κ3) is 5.69. The van der Waals surface area contributed by atoms with Gasteiger partial charge >= 0.3 is 11.9 Å². The van der Waals surface area contributed by atoms with Crippen LogP contribution in [0.2, 0.25) is 0 Å². The molecule has 0 spiro atoms. The molecule has 172 valence electrons. The molecule has 0 radical (unpaired) electrons. The molecule has 0 aliphatic carbocycles. The molecular weight excluding hydrogens is 431 g/mol. The van der Waals surface area contributed by atoms with Crippen LogP contribution in [0.25, 0.3) is 0 Å². The quantitative estimate of drug-likeness (QED) is 0.253. The highest BCUT2D eigenvalue weighted by Gasteiger charge is 2.47. The van der Waals surface area contributed by atoms with Gasteiger partial charge in [0.2, 0.25) is 0 Å². The number of benzene rings is 3. The second kappa shape index (κ2) is 11.8. The van der Waals surface area contributed by atoms with Crippen LogP contribution < -0.4 is 15.9 Å². The van der Waals surface area contributed by atoms with Crippen molar-refractivity contribution in [2.24, 2.45) is 5.41 Å². The highest BCUT2D eigenvalue weighted by atomic mass is 31.1. The number of carbonyl (C=O) groups is 2. The van der Waals surface area contributed by atoms with Crippen LogP contribution in [0.15, 0.2) is 84.9 Å². The van der Waals surface area contributed by atoms with Gasteiger partial charge in [0.1, 0.15) is 0 Å². The number of esters is 2. The SMILES string of the molecule is CCOC(=O)C(CC)(Cc1ccc(P(c2ccccc2)c2ccccc2)cc1)C(=O)OCC. The van der Waals surface area contributed by atoms with Gasteiger partial charge in [0.25, 0.3) is 0 Å². The molecule has 0 aliphatic heterocycles. The first-order valence-electron chi connectivity index (χ1n) is 11.4. The van der Waals surface area contributed by atoms with Gasteiger partial charge in [-0.2, -0.15) is 0 Å². The predicted octanol–water partition coefficient (Wildman–Crippen LogP) is 4.51. The van der Waals surface area contributed by atoms with Gasteiger partial charge in [0.05, 0.1) is 13.2 Å². The molecule has 0 saturated carbocycles. The summed E-state index contributed by atoms with van der Waals surface area (Å²) in [6.07, 6.45) is 0.559. The molecule has 5 heteroatoms. The van der Waals surface area contributed by atoms with E-state index in [1.165, 1.54) is 15.9 Å². The summed E-state index contributed by atoms with van der Waals surface area (Å²) in [6, 6.07) is 29.2. The number of carbonyl (C=O) groups excluding carboxylic acids is 2. The second-order valence-corrected chi connectivity index (χ2v) is 9.95. The van der Waals surface area contributed by atoms with Crippen molar-refractivity contribution in [3.63, 3.8) is 0 Å². The van der Waals surface area contributed by atoms with Crippen LogP contribution >= 0.6 is 7.92 Å². The van der Waals surface area contributed by atoms with E-state index in [1.54, 1.807) is 13.8 Å². The topological polar surface area (TPSA) is 52.6 Å². The standard InChI is InChI=1S/C28H31O4P/c1-4-28(26(29)31-5-2,27(30)32-6-3)21-22-17-19-25(20-18-22)33(23-13-9-7-10-14-23)24-15-11-8-12-16-24/h7-20H,4-6,21H2,1-3H3. The van der Waals surface area contributed by atoms with Gasteiger partial charge in [-0.15, -0.1) is 0 Å². The Kier molecular flexibility index (Phi) is 8.79. The third-order valence-electron chi connectivity index (χ3n) is 5.67. The summed E-state index contributed by atoms with van der Waals surface area (Å²) in [7, 11) is -0.715. The Balaban J connectivity index is 1.95. The van der Waals surface area contributed by atoms with Gasteiger partial charge in [-0.05, 0) is 56.1 Å². The third-order valence-corrected chi connectivity index (χ3v) is 8.11. The Morgan fingerprint density at radius 2 is 1.09 bits per heavy atom. The van der Waals surface area contributed by atoms with Gasteiger partial charge in [-0.25, -0.2) is 0 Å². The van der Waals surface area contributed by atoms with E-state index in [-0.39, 0.29) is 19.6 Å². The van der Waals surface area contributed by atoms with Crippen molar-refractivity contribution in [3.05, 3.63) is 90.5 Å². The van der Waals surface area contributed by atoms with Crippen molar-refractivity contribution in [1.82, 2.24) is 0 Å². The Morgan fingerprint density at radius 1 is 0.667 bits per heavy atom. The van der Waals surface area contributed by atoms with Crippen LogP contribution in [0.4, 0.5) is 0 Å². The Bertz CT molecular complexity index is 975. The van der Waals surface area contributed by atoms with Crippen LogP contribution in [-0.2, 0) is 25.5 Å². The zero-order chi connectivity index (χ0) is 23.7. The van der Waals surface area contributed by atoms with E-state index in [9.17, 15) is 9.59 Å². The Hall–Kier alpha value is -2.97. The minimum Gasteiger partial charge on any atom is -0.465 e. The fourth-order valence-electron chi connectivity index (χ4n) is 3.89. The zero-order valence-electron chi connectivity index (χ0n) is 19.5. The van der Waals surface area contributed by atoms with Gasteiger partial charge in [0, 0.05) is 0 Å². The molecule has 0 saturated heterocycles. The van der Waals surface area contributed by atoms with Crippen LogP contribution in [0.3, 0.4) is 0 Å². The van der Waals surface area contributed by atoms with E-state index in [1.807, 2.05) is 31.2 Å². The molecule has 3 aromatic rings. The number of ether oxygens (including phenoxy) is 2. The average molecular weight is 463 g/mol. The first-order valence-corrected chi connectivity index (χ1v) is 12.7. The Labute approximate surface area is 197 Å². The first kappa shape index (κ1) is 24.7. The maximum absolute atomic E-state index is 12.8. The van der Waals surface area contributed by atoms with E-state index in [2.05, 4.69) is 60.7 Å². The monoisotopic (exact) mass is 462 g/mol. The van der Waals surface area contributed by atoms with Crippen molar-refractivity contribution in [2.75, 3.05) is 13.2 Å². The first-order chi connectivity index (χ1) is 16.1. The van der Waals surface area contributed by atoms with Gasteiger partial charge in [0.15, 0.2) is 5.41 Å². The molecule has 0 fully saturated rings. The molecule has 0 bridgehead atoms. The van der Waals surface area contributed by atoms with Crippen molar-refractivity contribution in [1.29, 1.82) is 0 Å². The summed E-state index contributed by atoms with van der Waals surface area (Å²) in [5.74, 6) is -1.04. The zero-order valence-corrected chi connectivity index (χ0v) is 20.4. The molecule has 3 aromatic carbocycles. The lowest BCUT2D eigenvalue weighted by molar-refractivity contribution is -0.172. The molecule has 33 heavy (non-hydrogen) atoms. The second-order valence-electron chi connectivity index (χ2n) is 7.73. The van der Waals surface area contributed by atoms with E-state index in [4.69, 9.17) is 9.47 Å². The van der Waals surface area contributed by atoms with E-state index < -0.39 is 25.3 Å². The van der Waals surface area contributed by atoms with Gasteiger partial charge in [-0.3, -0.25) is 9.59 Å². The maximum Gasteiger partial charge on any atom is 0.323 e. The lowest BCUT2D eigenvalue weighted by atomic mass is 9.79. The van der Waals surface area contributed by atoms with Crippen molar-refractivity contribution < 1.29 is 19.1 Å². The van der Waals surface area contributed by atoms with Crippen molar-refractivity contribution in [2.45, 2.75) is 33.6 Å². The number of hydrogen-bond donors (Lipinski definition) is 0. The summed E-state index contributed by atoms with van der Waals surface area (Å²) in [4.78, 5) is 25.7. The van der Waals surface area contributed by atoms with E-state index in [0.29, 0.717) is 6.42 Å². The minimum atomic E-state index is -1.34. The molecule has 0 aliphatic rings. The van der Waals surface area contributed by atoms with Crippen LogP contribution in [-0.4, -0.2) is 25.2 Å². The lowest BCUT2D eigenvalue weighted by Gasteiger charge is -2.28. The fraction of sp³-hybridized carbons (Fsp3) is 0.286. The highest BCUT2D eigenvalue weighted by Crippen LogP contribution is 2.34. The summed E-state index contributed by atoms with van der Waals surface area (Å²) in [6.45, 7) is 5.75. The van der Waals surface area contributed by atoms with Crippen LogP contribution in [0.5, 0.6) is 0 Å². The molecule has 0 unspecified atom stereocenters. The van der Waals surface area contributed by atoms with Gasteiger partial charge in [-0.1, -0.05) is 91.9 Å². The van der Waals surface area contributed by atoms with Crippen molar-refractivity contribution >= 4 is 35.8 Å². The van der Waals surface area contributed by atoms with Crippen molar-refractivity contribution in [3.8, 4) is 0 Å². The van der Waals surface area contributed by atoms with Crippen LogP contribution in [0, 0.1) is 5.41 Å². The van der Waals surface area contributed by atoms with Crippen LogP contribution in [0.1, 0.15) is 32.8 Å². The lowest BCUT2D eigenvalue weighted by Crippen LogP contribution is -2.43. The number of hydrogen-bond acceptors (Lipinski definition) is 4. The molecule has 3 rings (SSSR count). The molecule has 0 amide bonds. The summed E-state index contributed by atoms with van der Waals surface area (Å²) >= 11 is 0. The largest absolute Gasteiger partial charge is 0.465 e. The number of rotatable bonds is 10. The molecule has 0 heterocycles. The average Bonchev–Trinajstić information content (AvgIpc) is 2.85. The van der Waals surface area contributed by atoms with E-state index >= 15 is 0 Å². The molecule has 0 aromatic heterocycles. The van der Waals surface area contributed by atoms with E-state index in [0.717, 1.165) is 5.56 Å². The predicted molar refractivity (Wildman–Crippen MR) is 135 cm³/mol. The summed E-state index contributed by atoms with van der Waals surface area (Å²) in [5, 5.41) is 3.75. The smallest absolute Gasteiger partial charge is 0.323 e. The maximum atomic E-state index is 12.8. The molecular formula is C28H31O4P. The molecule has 4 nitrogen and oxygen atoms in total. The summed E-state index contributed by atoms with van der Waals surface area (Å²) < 4.78 is 10.6. The molecule has 0 N–H and O–H groups in total. The highest BCUT2D eigenvalue weighted by molar-refractivity contribution is 7.79. The summed E-state index contributed by atoms with van der Waals surface area (Å²) in [5.41, 5.74) is -0.435. The normalized spacial score (nSPS) is 11.3. The molecule has 0 atom stereocenters. The fourth-order valence-corrected chi connectivity index (χ4v) is 6.17. The minimum absolute atomic E-state index is 0.220. The van der Waals surface area contributed by atoms with Gasteiger partial charge < -0.3 is 9.47 Å².